The van der Waals surface area contributed by atoms with Crippen LogP contribution < -0.4 is 9.64 Å². The summed E-state index contributed by atoms with van der Waals surface area (Å²) in [4.78, 5) is 15.3. The van der Waals surface area contributed by atoms with Crippen molar-refractivity contribution in [1.29, 1.82) is 0 Å². The number of hydrogen-bond donors (Lipinski definition) is 0. The van der Waals surface area contributed by atoms with Gasteiger partial charge in [-0.05, 0) is 73.9 Å². The summed E-state index contributed by atoms with van der Waals surface area (Å²) in [6, 6.07) is 21.4. The molecule has 34 heavy (non-hydrogen) atoms. The van der Waals surface area contributed by atoms with Gasteiger partial charge in [0.05, 0.1) is 18.0 Å². The van der Waals surface area contributed by atoms with Crippen LogP contribution in [0, 0.1) is 0 Å². The Kier molecular flexibility index (Phi) is 7.40. The van der Waals surface area contributed by atoms with E-state index in [1.165, 1.54) is 16.4 Å². The number of sulfonamides is 1. The van der Waals surface area contributed by atoms with Crippen LogP contribution >= 0.6 is 15.9 Å². The van der Waals surface area contributed by atoms with Gasteiger partial charge in [0, 0.05) is 22.7 Å². The van der Waals surface area contributed by atoms with Crippen LogP contribution in [-0.2, 0) is 27.8 Å². The molecule has 0 saturated carbocycles. The zero-order valence-corrected chi connectivity index (χ0v) is 21.6. The fourth-order valence-electron chi connectivity index (χ4n) is 4.24. The lowest BCUT2D eigenvalue weighted by molar-refractivity contribution is -0.119. The summed E-state index contributed by atoms with van der Waals surface area (Å²) in [7, 11) is -3.93. The van der Waals surface area contributed by atoms with Crippen LogP contribution in [0.2, 0.25) is 0 Å². The Hall–Kier alpha value is -2.68. The van der Waals surface area contributed by atoms with Gasteiger partial charge in [-0.15, -0.1) is 0 Å². The largest absolute Gasteiger partial charge is 0.494 e. The number of halogens is 1. The van der Waals surface area contributed by atoms with E-state index in [1.807, 2.05) is 62.4 Å². The predicted octanol–water partition coefficient (Wildman–Crippen LogP) is 5.02. The van der Waals surface area contributed by atoms with Gasteiger partial charge in [0.15, 0.2) is 0 Å². The minimum atomic E-state index is -3.93. The highest BCUT2D eigenvalue weighted by molar-refractivity contribution is 9.10. The summed E-state index contributed by atoms with van der Waals surface area (Å²) in [6.07, 6.45) is 0.727. The van der Waals surface area contributed by atoms with Crippen LogP contribution in [0.25, 0.3) is 0 Å². The van der Waals surface area contributed by atoms with Crippen molar-refractivity contribution in [2.45, 2.75) is 37.8 Å². The fraction of sp³-hybridized carbons (Fsp3) is 0.269. The number of anilines is 1. The number of carbonyl (C=O) groups is 1. The molecule has 0 fully saturated rings. The third kappa shape index (κ3) is 5.19. The minimum absolute atomic E-state index is 0.0523. The second-order valence-corrected chi connectivity index (χ2v) is 11.1. The topological polar surface area (TPSA) is 66.9 Å². The van der Waals surface area contributed by atoms with Crippen molar-refractivity contribution in [3.63, 3.8) is 0 Å². The van der Waals surface area contributed by atoms with Crippen molar-refractivity contribution in [1.82, 2.24) is 4.31 Å². The molecule has 1 heterocycles. The second-order valence-electron chi connectivity index (χ2n) is 8.25. The van der Waals surface area contributed by atoms with Gasteiger partial charge in [-0.1, -0.05) is 46.3 Å². The Bertz CT molecular complexity index is 1260. The lowest BCUT2D eigenvalue weighted by Gasteiger charge is -2.27. The first-order chi connectivity index (χ1) is 16.3. The monoisotopic (exact) mass is 542 g/mol. The maximum absolute atomic E-state index is 13.6. The van der Waals surface area contributed by atoms with Gasteiger partial charge in [0.1, 0.15) is 5.75 Å². The fourth-order valence-corrected chi connectivity index (χ4v) is 6.03. The molecule has 0 bridgehead atoms. The standard InChI is InChI=1S/C26H27BrN2O4S/c1-3-33-23-10-12-24(13-11-23)34(31,32)28(17-20-7-5-4-6-8-20)18-26(30)29-19(2)15-21-16-22(27)9-14-25(21)29/h4-14,16,19H,3,15,17-18H2,1-2H3/t19-/m1/s1. The smallest absolute Gasteiger partial charge is 0.243 e. The number of amides is 1. The molecule has 1 aliphatic rings. The molecular formula is C26H27BrN2O4S. The Morgan fingerprint density at radius 1 is 1.09 bits per heavy atom. The summed E-state index contributed by atoms with van der Waals surface area (Å²) < 4.78 is 34.9. The number of rotatable bonds is 8. The molecule has 0 aromatic heterocycles. The van der Waals surface area contributed by atoms with Crippen molar-refractivity contribution in [2.75, 3.05) is 18.1 Å². The van der Waals surface area contributed by atoms with E-state index in [2.05, 4.69) is 15.9 Å². The van der Waals surface area contributed by atoms with Crippen LogP contribution in [0.15, 0.2) is 82.2 Å². The van der Waals surface area contributed by atoms with E-state index >= 15 is 0 Å². The summed E-state index contributed by atoms with van der Waals surface area (Å²) in [6.45, 7) is 4.18. The SMILES string of the molecule is CCOc1ccc(S(=O)(=O)N(CC(=O)N2c3ccc(Br)cc3C[C@H]2C)Cc2ccccc2)cc1. The molecule has 178 valence electrons. The van der Waals surface area contributed by atoms with E-state index in [4.69, 9.17) is 4.74 Å². The maximum Gasteiger partial charge on any atom is 0.243 e. The number of fused-ring (bicyclic) bond motifs is 1. The molecular weight excluding hydrogens is 516 g/mol. The molecule has 0 radical (unpaired) electrons. The van der Waals surface area contributed by atoms with Crippen LogP contribution in [0.4, 0.5) is 5.69 Å². The zero-order valence-electron chi connectivity index (χ0n) is 19.1. The summed E-state index contributed by atoms with van der Waals surface area (Å²) in [5.41, 5.74) is 2.71. The average Bonchev–Trinajstić information content (AvgIpc) is 3.14. The van der Waals surface area contributed by atoms with E-state index in [9.17, 15) is 13.2 Å². The van der Waals surface area contributed by atoms with Gasteiger partial charge in [-0.3, -0.25) is 4.79 Å². The molecule has 0 saturated heterocycles. The highest BCUT2D eigenvalue weighted by Crippen LogP contribution is 2.34. The first kappa shape index (κ1) is 24.4. The number of benzene rings is 3. The van der Waals surface area contributed by atoms with Crippen LogP contribution in [0.1, 0.15) is 25.0 Å². The highest BCUT2D eigenvalue weighted by atomic mass is 79.9. The Morgan fingerprint density at radius 3 is 2.47 bits per heavy atom. The normalized spacial score (nSPS) is 15.4. The van der Waals surface area contributed by atoms with E-state index in [1.54, 1.807) is 17.0 Å². The molecule has 4 rings (SSSR count). The Balaban J connectivity index is 1.64. The van der Waals surface area contributed by atoms with Crippen molar-refractivity contribution in [3.8, 4) is 5.75 Å². The lowest BCUT2D eigenvalue weighted by Crippen LogP contribution is -2.44. The van der Waals surface area contributed by atoms with Gasteiger partial charge in [0.2, 0.25) is 15.9 Å². The van der Waals surface area contributed by atoms with E-state index < -0.39 is 10.0 Å². The van der Waals surface area contributed by atoms with E-state index in [-0.39, 0.29) is 29.9 Å². The molecule has 0 aliphatic carbocycles. The molecule has 1 atom stereocenters. The molecule has 0 N–H and O–H groups in total. The number of carbonyl (C=O) groups excluding carboxylic acids is 1. The summed E-state index contributed by atoms with van der Waals surface area (Å²) in [5, 5.41) is 0. The third-order valence-electron chi connectivity index (χ3n) is 5.81. The van der Waals surface area contributed by atoms with Crippen LogP contribution in [0.3, 0.4) is 0 Å². The quantitative estimate of drug-likeness (QED) is 0.401. The Labute approximate surface area is 209 Å². The van der Waals surface area contributed by atoms with Crippen molar-refractivity contribution in [3.05, 3.63) is 88.4 Å². The first-order valence-electron chi connectivity index (χ1n) is 11.2. The maximum atomic E-state index is 13.6. The van der Waals surface area contributed by atoms with Crippen LogP contribution in [0.5, 0.6) is 5.75 Å². The first-order valence-corrected chi connectivity index (χ1v) is 13.4. The molecule has 0 unspecified atom stereocenters. The molecule has 1 aliphatic heterocycles. The molecule has 1 amide bonds. The average molecular weight is 543 g/mol. The van der Waals surface area contributed by atoms with E-state index in [0.717, 1.165) is 27.7 Å². The number of nitrogens with zero attached hydrogens (tertiary/aromatic N) is 2. The van der Waals surface area contributed by atoms with Gasteiger partial charge in [0.25, 0.3) is 0 Å². The van der Waals surface area contributed by atoms with Gasteiger partial charge >= 0.3 is 0 Å². The summed E-state index contributed by atoms with van der Waals surface area (Å²) >= 11 is 3.49. The molecule has 0 spiro atoms. The molecule has 3 aromatic rings. The van der Waals surface area contributed by atoms with E-state index in [0.29, 0.717) is 12.4 Å². The third-order valence-corrected chi connectivity index (χ3v) is 8.11. The Morgan fingerprint density at radius 2 is 1.79 bits per heavy atom. The predicted molar refractivity (Wildman–Crippen MR) is 136 cm³/mol. The van der Waals surface area contributed by atoms with Crippen LogP contribution in [-0.4, -0.2) is 37.8 Å². The van der Waals surface area contributed by atoms with Crippen molar-refractivity contribution in [2.24, 2.45) is 0 Å². The molecule has 6 nitrogen and oxygen atoms in total. The van der Waals surface area contributed by atoms with Gasteiger partial charge in [-0.2, -0.15) is 4.31 Å². The summed E-state index contributed by atoms with van der Waals surface area (Å²) in [5.74, 6) is 0.347. The molecule has 8 heteroatoms. The zero-order chi connectivity index (χ0) is 24.3. The number of hydrogen-bond acceptors (Lipinski definition) is 4. The minimum Gasteiger partial charge on any atom is -0.494 e. The van der Waals surface area contributed by atoms with Crippen molar-refractivity contribution >= 4 is 37.5 Å². The second kappa shape index (κ2) is 10.3. The highest BCUT2D eigenvalue weighted by Gasteiger charge is 2.34. The van der Waals surface area contributed by atoms with Crippen molar-refractivity contribution < 1.29 is 17.9 Å². The van der Waals surface area contributed by atoms with Gasteiger partial charge in [-0.25, -0.2) is 8.42 Å². The van der Waals surface area contributed by atoms with Gasteiger partial charge < -0.3 is 9.64 Å². The molecule has 3 aromatic carbocycles. The number of ether oxygens (including phenoxy) is 1. The lowest BCUT2D eigenvalue weighted by atomic mass is 10.1.